The van der Waals surface area contributed by atoms with Crippen molar-refractivity contribution < 1.29 is 13.2 Å². The van der Waals surface area contributed by atoms with E-state index in [0.717, 1.165) is 18.1 Å². The number of nitrogens with two attached hydrogens (primary N) is 1. The summed E-state index contributed by atoms with van der Waals surface area (Å²) in [6.07, 6.45) is -3.57. The van der Waals surface area contributed by atoms with Gasteiger partial charge in [-0.05, 0) is 24.1 Å². The van der Waals surface area contributed by atoms with E-state index in [1.807, 2.05) is 0 Å². The third kappa shape index (κ3) is 2.11. The molecule has 0 unspecified atom stereocenters. The van der Waals surface area contributed by atoms with Crippen LogP contribution in [-0.4, -0.2) is 6.04 Å². The molecule has 0 amide bonds. The van der Waals surface area contributed by atoms with E-state index in [2.05, 4.69) is 0 Å². The fourth-order valence-electron chi connectivity index (χ4n) is 1.59. The first-order valence-electron chi connectivity index (χ1n) is 4.52. The van der Waals surface area contributed by atoms with E-state index in [1.165, 1.54) is 12.1 Å². The predicted molar refractivity (Wildman–Crippen MR) is 51.8 cm³/mol. The number of alkyl halides is 3. The Morgan fingerprint density at radius 2 is 1.93 bits per heavy atom. The summed E-state index contributed by atoms with van der Waals surface area (Å²) < 4.78 is 37.1. The highest BCUT2D eigenvalue weighted by Gasteiger charge is 2.37. The Balaban J connectivity index is 2.31. The van der Waals surface area contributed by atoms with Gasteiger partial charge in [0.1, 0.15) is 0 Å². The van der Waals surface area contributed by atoms with Gasteiger partial charge in [0.2, 0.25) is 0 Å². The average molecular weight is 236 g/mol. The molecule has 1 saturated carbocycles. The molecule has 5 heteroatoms. The van der Waals surface area contributed by atoms with Crippen LogP contribution in [0.15, 0.2) is 18.2 Å². The zero-order valence-electron chi connectivity index (χ0n) is 7.68. The van der Waals surface area contributed by atoms with Gasteiger partial charge in [0, 0.05) is 12.0 Å². The number of rotatable bonds is 1. The molecule has 82 valence electrons. The Labute approximate surface area is 90.0 Å². The molecule has 1 aromatic carbocycles. The molecule has 0 radical (unpaired) electrons. The standard InChI is InChI=1S/C10H9ClF3N/c11-8-3-5(6-4-9(6)15)1-2-7(8)10(12,13)14/h1-3,6,9H,4,15H2/t6-,9+/m1/s1. The first-order valence-corrected chi connectivity index (χ1v) is 4.89. The number of halogens is 4. The molecule has 2 rings (SSSR count). The Morgan fingerprint density at radius 3 is 2.33 bits per heavy atom. The number of benzene rings is 1. The highest BCUT2D eigenvalue weighted by atomic mass is 35.5. The maximum absolute atomic E-state index is 12.4. The maximum Gasteiger partial charge on any atom is 0.417 e. The molecular weight excluding hydrogens is 227 g/mol. The molecule has 0 heterocycles. The Hall–Kier alpha value is -0.740. The lowest BCUT2D eigenvalue weighted by Gasteiger charge is -2.09. The Morgan fingerprint density at radius 1 is 1.33 bits per heavy atom. The van der Waals surface area contributed by atoms with Gasteiger partial charge in [-0.25, -0.2) is 0 Å². The Kier molecular flexibility index (Phi) is 2.43. The van der Waals surface area contributed by atoms with E-state index < -0.39 is 11.7 Å². The number of hydrogen-bond donors (Lipinski definition) is 1. The van der Waals surface area contributed by atoms with Crippen LogP contribution in [0.3, 0.4) is 0 Å². The molecule has 1 nitrogen and oxygen atoms in total. The molecule has 0 saturated heterocycles. The van der Waals surface area contributed by atoms with Crippen molar-refractivity contribution in [2.45, 2.75) is 24.6 Å². The van der Waals surface area contributed by atoms with E-state index in [-0.39, 0.29) is 17.0 Å². The molecule has 2 N–H and O–H groups in total. The van der Waals surface area contributed by atoms with E-state index in [1.54, 1.807) is 0 Å². The van der Waals surface area contributed by atoms with Crippen molar-refractivity contribution in [1.82, 2.24) is 0 Å². The van der Waals surface area contributed by atoms with Gasteiger partial charge in [-0.2, -0.15) is 13.2 Å². The average Bonchev–Trinajstić information content (AvgIpc) is 2.80. The minimum atomic E-state index is -4.39. The minimum absolute atomic E-state index is 0.0674. The predicted octanol–water partition coefficient (Wildman–Crippen LogP) is 3.17. The molecule has 0 spiro atoms. The monoisotopic (exact) mass is 235 g/mol. The van der Waals surface area contributed by atoms with Crippen molar-refractivity contribution in [3.05, 3.63) is 34.3 Å². The lowest BCUT2D eigenvalue weighted by atomic mass is 10.1. The van der Waals surface area contributed by atoms with Gasteiger partial charge in [-0.15, -0.1) is 0 Å². The van der Waals surface area contributed by atoms with Gasteiger partial charge in [0.05, 0.1) is 10.6 Å². The lowest BCUT2D eigenvalue weighted by Crippen LogP contribution is -2.06. The first kappa shape index (κ1) is 10.8. The van der Waals surface area contributed by atoms with Crippen molar-refractivity contribution >= 4 is 11.6 Å². The van der Waals surface area contributed by atoms with Crippen LogP contribution in [0.1, 0.15) is 23.5 Å². The molecular formula is C10H9ClF3N. The highest BCUT2D eigenvalue weighted by Crippen LogP contribution is 2.42. The molecule has 1 aliphatic carbocycles. The van der Waals surface area contributed by atoms with Crippen LogP contribution < -0.4 is 5.73 Å². The van der Waals surface area contributed by atoms with Crippen LogP contribution >= 0.6 is 11.6 Å². The summed E-state index contributed by atoms with van der Waals surface area (Å²) >= 11 is 5.57. The molecule has 1 fully saturated rings. The van der Waals surface area contributed by atoms with E-state index in [4.69, 9.17) is 17.3 Å². The zero-order chi connectivity index (χ0) is 11.2. The SMILES string of the molecule is N[C@H]1C[C@@H]1c1ccc(C(F)(F)F)c(Cl)c1. The van der Waals surface area contributed by atoms with Gasteiger partial charge < -0.3 is 5.73 Å². The van der Waals surface area contributed by atoms with Gasteiger partial charge in [0.15, 0.2) is 0 Å². The third-order valence-electron chi connectivity index (χ3n) is 2.57. The largest absolute Gasteiger partial charge is 0.417 e. The lowest BCUT2D eigenvalue weighted by molar-refractivity contribution is -0.137. The highest BCUT2D eigenvalue weighted by molar-refractivity contribution is 6.31. The molecule has 1 aromatic rings. The zero-order valence-corrected chi connectivity index (χ0v) is 8.44. The number of hydrogen-bond acceptors (Lipinski definition) is 1. The summed E-state index contributed by atoms with van der Waals surface area (Å²) in [6.45, 7) is 0. The quantitative estimate of drug-likeness (QED) is 0.795. The van der Waals surface area contributed by atoms with Gasteiger partial charge in [-0.3, -0.25) is 0 Å². The summed E-state index contributed by atoms with van der Waals surface area (Å²) in [6, 6.07) is 3.90. The normalized spacial score (nSPS) is 25.4. The minimum Gasteiger partial charge on any atom is -0.327 e. The second-order valence-corrected chi connectivity index (χ2v) is 4.15. The topological polar surface area (TPSA) is 26.0 Å². The van der Waals surface area contributed by atoms with Crippen molar-refractivity contribution in [3.8, 4) is 0 Å². The van der Waals surface area contributed by atoms with Gasteiger partial charge in [0.25, 0.3) is 0 Å². The van der Waals surface area contributed by atoms with Crippen LogP contribution in [0.2, 0.25) is 5.02 Å². The summed E-state index contributed by atoms with van der Waals surface area (Å²) in [7, 11) is 0. The summed E-state index contributed by atoms with van der Waals surface area (Å²) in [4.78, 5) is 0. The molecule has 0 aliphatic heterocycles. The summed E-state index contributed by atoms with van der Waals surface area (Å²) in [5.74, 6) is 0.171. The van der Waals surface area contributed by atoms with Gasteiger partial charge in [-0.1, -0.05) is 17.7 Å². The molecule has 0 aromatic heterocycles. The van der Waals surface area contributed by atoms with Crippen LogP contribution in [0, 0.1) is 0 Å². The smallest absolute Gasteiger partial charge is 0.327 e. The van der Waals surface area contributed by atoms with Crippen LogP contribution in [0.5, 0.6) is 0 Å². The maximum atomic E-state index is 12.4. The summed E-state index contributed by atoms with van der Waals surface area (Å²) in [5.41, 5.74) is 5.61. The van der Waals surface area contributed by atoms with Gasteiger partial charge >= 0.3 is 6.18 Å². The Bertz CT molecular complexity index is 389. The fraction of sp³-hybridized carbons (Fsp3) is 0.400. The third-order valence-corrected chi connectivity index (χ3v) is 2.88. The van der Waals surface area contributed by atoms with Crippen molar-refractivity contribution in [2.24, 2.45) is 5.73 Å². The van der Waals surface area contributed by atoms with Crippen molar-refractivity contribution in [3.63, 3.8) is 0 Å². The first-order chi connectivity index (χ1) is 6.89. The van der Waals surface area contributed by atoms with Crippen LogP contribution in [-0.2, 0) is 6.18 Å². The van der Waals surface area contributed by atoms with Crippen LogP contribution in [0.4, 0.5) is 13.2 Å². The van der Waals surface area contributed by atoms with E-state index in [9.17, 15) is 13.2 Å². The molecule has 1 aliphatic rings. The molecule has 0 bridgehead atoms. The molecule has 2 atom stereocenters. The van der Waals surface area contributed by atoms with E-state index in [0.29, 0.717) is 0 Å². The summed E-state index contributed by atoms with van der Waals surface area (Å²) in [5, 5.41) is -0.251. The van der Waals surface area contributed by atoms with Crippen molar-refractivity contribution in [2.75, 3.05) is 0 Å². The van der Waals surface area contributed by atoms with Crippen molar-refractivity contribution in [1.29, 1.82) is 0 Å². The van der Waals surface area contributed by atoms with Crippen LogP contribution in [0.25, 0.3) is 0 Å². The fourth-order valence-corrected chi connectivity index (χ4v) is 1.89. The van der Waals surface area contributed by atoms with E-state index >= 15 is 0 Å². The molecule has 15 heavy (non-hydrogen) atoms. The second kappa shape index (κ2) is 3.39. The second-order valence-electron chi connectivity index (χ2n) is 3.74.